The second kappa shape index (κ2) is 5.46. The Kier molecular flexibility index (Phi) is 5.23. The molecule has 0 aromatic carbocycles. The van der Waals surface area contributed by atoms with Gasteiger partial charge in [-0.25, -0.2) is 0 Å². The molecule has 1 amide bonds. The third-order valence-electron chi connectivity index (χ3n) is 2.60. The van der Waals surface area contributed by atoms with Gasteiger partial charge in [0.2, 0.25) is 5.91 Å². The lowest BCUT2D eigenvalue weighted by Crippen LogP contribution is -2.45. The van der Waals surface area contributed by atoms with Crippen molar-refractivity contribution in [3.63, 3.8) is 0 Å². The van der Waals surface area contributed by atoms with Gasteiger partial charge in [-0.1, -0.05) is 13.8 Å². The number of carbonyl (C=O) groups excluding carboxylic acids is 1. The maximum Gasteiger partial charge on any atom is 0.269 e. The van der Waals surface area contributed by atoms with Gasteiger partial charge in [-0.2, -0.15) is 8.42 Å². The lowest BCUT2D eigenvalue weighted by molar-refractivity contribution is -0.125. The Balaban J connectivity index is 4.38. The number of hydrogen-bond donors (Lipinski definition) is 2. The molecule has 0 aliphatic heterocycles. The van der Waals surface area contributed by atoms with Crippen LogP contribution in [-0.4, -0.2) is 30.2 Å². The van der Waals surface area contributed by atoms with Gasteiger partial charge in [0.15, 0.2) is 0 Å². The quantitative estimate of drug-likeness (QED) is 0.693. The van der Waals surface area contributed by atoms with Gasteiger partial charge in [0.05, 0.1) is 0 Å². The highest BCUT2D eigenvalue weighted by atomic mass is 32.2. The zero-order chi connectivity index (χ0) is 12.2. The molecule has 6 heteroatoms. The fourth-order valence-electron chi connectivity index (χ4n) is 0.927. The van der Waals surface area contributed by atoms with E-state index in [-0.39, 0.29) is 11.8 Å². The topological polar surface area (TPSA) is 83.5 Å². The number of hydrogen-bond acceptors (Lipinski definition) is 3. The summed E-state index contributed by atoms with van der Waals surface area (Å²) in [7, 11) is -4.09. The Morgan fingerprint density at radius 3 is 2.13 bits per heavy atom. The van der Waals surface area contributed by atoms with E-state index in [1.54, 1.807) is 13.8 Å². The van der Waals surface area contributed by atoms with Gasteiger partial charge in [-0.05, 0) is 20.3 Å². The second-order valence-corrected chi connectivity index (χ2v) is 5.60. The average molecular weight is 237 g/mol. The molecule has 0 aromatic heterocycles. The van der Waals surface area contributed by atoms with Crippen molar-refractivity contribution in [1.82, 2.24) is 5.32 Å². The van der Waals surface area contributed by atoms with Gasteiger partial charge in [0.25, 0.3) is 10.1 Å². The summed E-state index contributed by atoms with van der Waals surface area (Å²) in [5.41, 5.74) is 0. The van der Waals surface area contributed by atoms with Gasteiger partial charge in [0.1, 0.15) is 5.25 Å². The molecule has 90 valence electrons. The molecule has 0 rings (SSSR count). The first kappa shape index (κ1) is 14.4. The van der Waals surface area contributed by atoms with Crippen molar-refractivity contribution >= 4 is 16.0 Å². The molecular formula is C9H19NO4S. The Bertz CT molecular complexity index is 312. The number of amides is 1. The molecule has 0 spiro atoms. The summed E-state index contributed by atoms with van der Waals surface area (Å²) in [6, 6.07) is -0.596. The molecule has 3 atom stereocenters. The van der Waals surface area contributed by atoms with Gasteiger partial charge in [-0.3, -0.25) is 9.35 Å². The lowest BCUT2D eigenvalue weighted by atomic mass is 10.1. The van der Waals surface area contributed by atoms with Crippen LogP contribution in [0.15, 0.2) is 0 Å². The van der Waals surface area contributed by atoms with E-state index in [2.05, 4.69) is 5.32 Å². The maximum absolute atomic E-state index is 11.4. The van der Waals surface area contributed by atoms with E-state index in [1.807, 2.05) is 6.92 Å². The van der Waals surface area contributed by atoms with Crippen molar-refractivity contribution in [3.05, 3.63) is 0 Å². The van der Waals surface area contributed by atoms with Crippen LogP contribution in [0.3, 0.4) is 0 Å². The van der Waals surface area contributed by atoms with E-state index < -0.39 is 21.4 Å². The standard InChI is InChI=1S/C9H19NO4S/c1-5-6(2)9(11)10-7(3)8(4)15(12,13)14/h6-8H,5H2,1-4H3,(H,10,11)(H,12,13,14). The van der Waals surface area contributed by atoms with Crippen LogP contribution in [-0.2, 0) is 14.9 Å². The van der Waals surface area contributed by atoms with Crippen LogP contribution in [0.1, 0.15) is 34.1 Å². The van der Waals surface area contributed by atoms with Crippen LogP contribution in [0.2, 0.25) is 0 Å². The van der Waals surface area contributed by atoms with E-state index in [0.717, 1.165) is 0 Å². The van der Waals surface area contributed by atoms with E-state index in [4.69, 9.17) is 4.55 Å². The number of nitrogens with one attached hydrogen (secondary N) is 1. The Morgan fingerprint density at radius 1 is 1.33 bits per heavy atom. The van der Waals surface area contributed by atoms with Crippen molar-refractivity contribution < 1.29 is 17.8 Å². The molecule has 0 saturated carbocycles. The predicted octanol–water partition coefficient (Wildman–Crippen LogP) is 0.814. The van der Waals surface area contributed by atoms with Crippen LogP contribution < -0.4 is 5.32 Å². The monoisotopic (exact) mass is 237 g/mol. The fourth-order valence-corrected chi connectivity index (χ4v) is 1.51. The Morgan fingerprint density at radius 2 is 1.80 bits per heavy atom. The lowest BCUT2D eigenvalue weighted by Gasteiger charge is -2.20. The first-order valence-electron chi connectivity index (χ1n) is 4.96. The van der Waals surface area contributed by atoms with Crippen LogP contribution in [0.5, 0.6) is 0 Å². The molecule has 15 heavy (non-hydrogen) atoms. The zero-order valence-corrected chi connectivity index (χ0v) is 10.3. The van der Waals surface area contributed by atoms with Crippen LogP contribution in [0, 0.1) is 5.92 Å². The summed E-state index contributed by atoms with van der Waals surface area (Å²) < 4.78 is 30.4. The molecule has 0 bridgehead atoms. The minimum atomic E-state index is -4.09. The van der Waals surface area contributed by atoms with E-state index in [0.29, 0.717) is 6.42 Å². The highest BCUT2D eigenvalue weighted by Crippen LogP contribution is 2.06. The third-order valence-corrected chi connectivity index (χ3v) is 3.95. The molecule has 3 unspecified atom stereocenters. The molecule has 5 nitrogen and oxygen atoms in total. The van der Waals surface area contributed by atoms with E-state index in [9.17, 15) is 13.2 Å². The Hall–Kier alpha value is -0.620. The van der Waals surface area contributed by atoms with Crippen molar-refractivity contribution in [3.8, 4) is 0 Å². The van der Waals surface area contributed by atoms with Gasteiger partial charge in [0, 0.05) is 12.0 Å². The SMILES string of the molecule is CCC(C)C(=O)NC(C)C(C)S(=O)(=O)O. The van der Waals surface area contributed by atoms with Crippen molar-refractivity contribution in [2.45, 2.75) is 45.4 Å². The first-order chi connectivity index (χ1) is 6.70. The highest BCUT2D eigenvalue weighted by Gasteiger charge is 2.26. The first-order valence-corrected chi connectivity index (χ1v) is 6.47. The molecular weight excluding hydrogens is 218 g/mol. The zero-order valence-electron chi connectivity index (χ0n) is 9.52. The van der Waals surface area contributed by atoms with Gasteiger partial charge in [-0.15, -0.1) is 0 Å². The summed E-state index contributed by atoms with van der Waals surface area (Å²) in [6.45, 7) is 6.55. The summed E-state index contributed by atoms with van der Waals surface area (Å²) >= 11 is 0. The second-order valence-electron chi connectivity index (χ2n) is 3.83. The summed E-state index contributed by atoms with van der Waals surface area (Å²) in [5.74, 6) is -0.346. The molecule has 2 N–H and O–H groups in total. The summed E-state index contributed by atoms with van der Waals surface area (Å²) in [5, 5.41) is 1.56. The van der Waals surface area contributed by atoms with E-state index in [1.165, 1.54) is 6.92 Å². The Labute approximate surface area is 91.0 Å². The van der Waals surface area contributed by atoms with Crippen LogP contribution >= 0.6 is 0 Å². The van der Waals surface area contributed by atoms with E-state index >= 15 is 0 Å². The smallest absolute Gasteiger partial charge is 0.269 e. The molecule has 0 aliphatic carbocycles. The normalized spacial score (nSPS) is 17.9. The molecule has 0 heterocycles. The average Bonchev–Trinajstić information content (AvgIpc) is 2.13. The van der Waals surface area contributed by atoms with Crippen molar-refractivity contribution in [1.29, 1.82) is 0 Å². The van der Waals surface area contributed by atoms with Crippen molar-refractivity contribution in [2.75, 3.05) is 0 Å². The van der Waals surface area contributed by atoms with Gasteiger partial charge < -0.3 is 5.32 Å². The molecule has 0 aliphatic rings. The molecule has 0 saturated heterocycles. The van der Waals surface area contributed by atoms with Gasteiger partial charge >= 0.3 is 0 Å². The predicted molar refractivity (Wildman–Crippen MR) is 58.1 cm³/mol. The highest BCUT2D eigenvalue weighted by molar-refractivity contribution is 7.86. The summed E-state index contributed by atoms with van der Waals surface area (Å²) in [4.78, 5) is 11.4. The largest absolute Gasteiger partial charge is 0.352 e. The van der Waals surface area contributed by atoms with Crippen LogP contribution in [0.4, 0.5) is 0 Å². The summed E-state index contributed by atoms with van der Waals surface area (Å²) in [6.07, 6.45) is 0.693. The molecule has 0 fully saturated rings. The minimum absolute atomic E-state index is 0.152. The van der Waals surface area contributed by atoms with Crippen molar-refractivity contribution in [2.24, 2.45) is 5.92 Å². The third kappa shape index (κ3) is 4.61. The number of rotatable bonds is 5. The maximum atomic E-state index is 11.4. The number of carbonyl (C=O) groups is 1. The molecule has 0 radical (unpaired) electrons. The fraction of sp³-hybridized carbons (Fsp3) is 0.889. The minimum Gasteiger partial charge on any atom is -0.352 e. The van der Waals surface area contributed by atoms with Crippen LogP contribution in [0.25, 0.3) is 0 Å². The molecule has 0 aromatic rings.